The predicted molar refractivity (Wildman–Crippen MR) is 122 cm³/mol. The molecule has 0 aromatic heterocycles. The maximum Gasteiger partial charge on any atom is 0.248 e. The zero-order valence-electron chi connectivity index (χ0n) is 17.2. The summed E-state index contributed by atoms with van der Waals surface area (Å²) in [5.74, 6) is 1.04. The number of carbonyl (C=O) groups is 1. The van der Waals surface area contributed by atoms with Crippen molar-refractivity contribution in [1.29, 1.82) is 0 Å². The Morgan fingerprint density at radius 3 is 2.53 bits per heavy atom. The van der Waals surface area contributed by atoms with Crippen LogP contribution in [-0.4, -0.2) is 13.0 Å². The van der Waals surface area contributed by atoms with Gasteiger partial charge in [-0.15, -0.1) is 0 Å². The molecule has 1 amide bonds. The maximum absolute atomic E-state index is 12.2. The molecule has 0 heterocycles. The van der Waals surface area contributed by atoms with Gasteiger partial charge in [0, 0.05) is 16.8 Å². The highest BCUT2D eigenvalue weighted by atomic mass is 35.5. The molecule has 30 heavy (non-hydrogen) atoms. The van der Waals surface area contributed by atoms with Gasteiger partial charge in [0.2, 0.25) is 5.91 Å². The molecule has 0 spiro atoms. The van der Waals surface area contributed by atoms with Gasteiger partial charge in [-0.2, -0.15) is 0 Å². The van der Waals surface area contributed by atoms with Crippen LogP contribution >= 0.6 is 11.6 Å². The van der Waals surface area contributed by atoms with Gasteiger partial charge in [0.05, 0.1) is 7.11 Å². The molecule has 4 nitrogen and oxygen atoms in total. The molecule has 3 aromatic carbocycles. The quantitative estimate of drug-likeness (QED) is 0.462. The fraction of sp³-hybridized carbons (Fsp3) is 0.160. The van der Waals surface area contributed by atoms with E-state index in [-0.39, 0.29) is 5.91 Å². The summed E-state index contributed by atoms with van der Waals surface area (Å²) < 4.78 is 11.4. The molecule has 0 saturated carbocycles. The van der Waals surface area contributed by atoms with E-state index in [4.69, 9.17) is 21.1 Å². The first kappa shape index (κ1) is 21.5. The number of aryl methyl sites for hydroxylation is 2. The lowest BCUT2D eigenvalue weighted by Crippen LogP contribution is -2.08. The van der Waals surface area contributed by atoms with Crippen LogP contribution in [0.1, 0.15) is 22.3 Å². The second-order valence-electron chi connectivity index (χ2n) is 6.91. The van der Waals surface area contributed by atoms with Gasteiger partial charge in [0.25, 0.3) is 0 Å². The van der Waals surface area contributed by atoms with Gasteiger partial charge in [0.15, 0.2) is 11.5 Å². The summed E-state index contributed by atoms with van der Waals surface area (Å²) in [6.07, 6.45) is 3.21. The van der Waals surface area contributed by atoms with Crippen molar-refractivity contribution in [1.82, 2.24) is 0 Å². The Kier molecular flexibility index (Phi) is 7.15. The summed E-state index contributed by atoms with van der Waals surface area (Å²) in [5.41, 5.74) is 4.77. The van der Waals surface area contributed by atoms with Crippen LogP contribution < -0.4 is 14.8 Å². The number of benzene rings is 3. The molecular weight excluding hydrogens is 398 g/mol. The molecule has 3 aromatic rings. The third kappa shape index (κ3) is 5.65. The van der Waals surface area contributed by atoms with Crippen LogP contribution in [0.2, 0.25) is 5.02 Å². The average molecular weight is 422 g/mol. The first-order chi connectivity index (χ1) is 14.5. The SMILES string of the molecule is COc1cc(C=CC(=O)Nc2ccc(Cl)cc2C)ccc1OCc1ccccc1C. The summed E-state index contributed by atoms with van der Waals surface area (Å²) >= 11 is 5.95. The van der Waals surface area contributed by atoms with Gasteiger partial charge in [-0.1, -0.05) is 41.9 Å². The summed E-state index contributed by atoms with van der Waals surface area (Å²) in [4.78, 5) is 12.2. The van der Waals surface area contributed by atoms with E-state index < -0.39 is 0 Å². The Labute approximate surface area is 182 Å². The number of halogens is 1. The number of hydrogen-bond acceptors (Lipinski definition) is 3. The molecular formula is C25H24ClNO3. The molecule has 1 N–H and O–H groups in total. The predicted octanol–water partition coefficient (Wildman–Crippen LogP) is 6.20. The van der Waals surface area contributed by atoms with Crippen molar-refractivity contribution in [3.05, 3.63) is 94.0 Å². The average Bonchev–Trinajstić information content (AvgIpc) is 2.74. The van der Waals surface area contributed by atoms with Gasteiger partial charge < -0.3 is 14.8 Å². The van der Waals surface area contributed by atoms with Crippen LogP contribution in [-0.2, 0) is 11.4 Å². The van der Waals surface area contributed by atoms with Crippen LogP contribution in [0, 0.1) is 13.8 Å². The number of carbonyl (C=O) groups excluding carboxylic acids is 1. The zero-order valence-corrected chi connectivity index (χ0v) is 18.0. The molecule has 0 fully saturated rings. The van der Waals surface area contributed by atoms with Crippen LogP contribution in [0.25, 0.3) is 6.08 Å². The van der Waals surface area contributed by atoms with E-state index in [1.54, 1.807) is 31.4 Å². The Balaban J connectivity index is 1.66. The van der Waals surface area contributed by atoms with Gasteiger partial charge in [-0.05, 0) is 72.5 Å². The Morgan fingerprint density at radius 2 is 1.80 bits per heavy atom. The first-order valence-electron chi connectivity index (χ1n) is 9.57. The molecule has 0 radical (unpaired) electrons. The largest absolute Gasteiger partial charge is 0.493 e. The van der Waals surface area contributed by atoms with Crippen LogP contribution in [0.3, 0.4) is 0 Å². The number of anilines is 1. The Hall–Kier alpha value is -3.24. The minimum atomic E-state index is -0.223. The van der Waals surface area contributed by atoms with Crippen LogP contribution in [0.15, 0.2) is 66.7 Å². The van der Waals surface area contributed by atoms with Crippen molar-refractivity contribution in [2.75, 3.05) is 12.4 Å². The van der Waals surface area contributed by atoms with Gasteiger partial charge in [-0.3, -0.25) is 4.79 Å². The summed E-state index contributed by atoms with van der Waals surface area (Å²) in [7, 11) is 1.60. The van der Waals surface area contributed by atoms with Crippen molar-refractivity contribution in [3.8, 4) is 11.5 Å². The highest BCUT2D eigenvalue weighted by Gasteiger charge is 2.07. The normalized spacial score (nSPS) is 10.8. The van der Waals surface area contributed by atoms with E-state index in [1.807, 2.05) is 43.3 Å². The Morgan fingerprint density at radius 1 is 1.00 bits per heavy atom. The van der Waals surface area contributed by atoms with E-state index in [0.29, 0.717) is 23.1 Å². The van der Waals surface area contributed by atoms with Crippen molar-refractivity contribution < 1.29 is 14.3 Å². The topological polar surface area (TPSA) is 47.6 Å². The number of nitrogens with one attached hydrogen (secondary N) is 1. The van der Waals surface area contributed by atoms with E-state index in [1.165, 1.54) is 11.6 Å². The molecule has 3 rings (SSSR count). The number of amides is 1. The standard InChI is InChI=1S/C25H24ClNO3/c1-17-6-4-5-7-20(17)16-30-23-12-8-19(15-24(23)29-3)9-13-25(28)27-22-11-10-21(26)14-18(22)2/h4-15H,16H2,1-3H3,(H,27,28). The fourth-order valence-electron chi connectivity index (χ4n) is 2.95. The first-order valence-corrected chi connectivity index (χ1v) is 9.94. The molecule has 0 aliphatic heterocycles. The van der Waals surface area contributed by atoms with Gasteiger partial charge in [-0.25, -0.2) is 0 Å². The minimum Gasteiger partial charge on any atom is -0.493 e. The lowest BCUT2D eigenvalue weighted by molar-refractivity contribution is -0.111. The second-order valence-corrected chi connectivity index (χ2v) is 7.34. The zero-order chi connectivity index (χ0) is 21.5. The number of hydrogen-bond donors (Lipinski definition) is 1. The van der Waals surface area contributed by atoms with Crippen molar-refractivity contribution >= 4 is 29.3 Å². The van der Waals surface area contributed by atoms with E-state index in [0.717, 1.165) is 22.4 Å². The smallest absolute Gasteiger partial charge is 0.248 e. The van der Waals surface area contributed by atoms with Gasteiger partial charge in [0.1, 0.15) is 6.61 Å². The molecule has 0 atom stereocenters. The van der Waals surface area contributed by atoms with Gasteiger partial charge >= 0.3 is 0 Å². The summed E-state index contributed by atoms with van der Waals surface area (Å²) in [5, 5.41) is 3.49. The lowest BCUT2D eigenvalue weighted by atomic mass is 10.1. The summed E-state index contributed by atoms with van der Waals surface area (Å²) in [6.45, 7) is 4.41. The van der Waals surface area contributed by atoms with E-state index in [9.17, 15) is 4.79 Å². The van der Waals surface area contributed by atoms with Crippen LogP contribution in [0.5, 0.6) is 11.5 Å². The highest BCUT2D eigenvalue weighted by Crippen LogP contribution is 2.29. The molecule has 0 bridgehead atoms. The maximum atomic E-state index is 12.2. The third-order valence-corrected chi connectivity index (χ3v) is 4.94. The second kappa shape index (κ2) is 9.99. The van der Waals surface area contributed by atoms with E-state index >= 15 is 0 Å². The Bertz CT molecular complexity index is 1080. The third-order valence-electron chi connectivity index (χ3n) is 4.71. The highest BCUT2D eigenvalue weighted by molar-refractivity contribution is 6.30. The van der Waals surface area contributed by atoms with E-state index in [2.05, 4.69) is 18.3 Å². The molecule has 0 aliphatic rings. The molecule has 5 heteroatoms. The number of rotatable bonds is 7. The van der Waals surface area contributed by atoms with Crippen molar-refractivity contribution in [3.63, 3.8) is 0 Å². The molecule has 0 unspecified atom stereocenters. The van der Waals surface area contributed by atoms with Crippen LogP contribution in [0.4, 0.5) is 5.69 Å². The molecule has 154 valence electrons. The lowest BCUT2D eigenvalue weighted by Gasteiger charge is -2.12. The van der Waals surface area contributed by atoms with Crippen molar-refractivity contribution in [2.24, 2.45) is 0 Å². The number of ether oxygens (including phenoxy) is 2. The minimum absolute atomic E-state index is 0.223. The molecule has 0 aliphatic carbocycles. The number of methoxy groups -OCH3 is 1. The fourth-order valence-corrected chi connectivity index (χ4v) is 3.17. The summed E-state index contributed by atoms with van der Waals surface area (Å²) in [6, 6.07) is 19.0. The monoisotopic (exact) mass is 421 g/mol. The van der Waals surface area contributed by atoms with Crippen molar-refractivity contribution in [2.45, 2.75) is 20.5 Å². The molecule has 0 saturated heterocycles.